The standard InChI is InChI=1S/C12H8BrCl3S/c1-6-5-9(17-12(6)16)10(13)7-3-2-4-8(14)11(7)15/h2-5,10H,1H3. The Hall–Kier alpha value is 0.270. The van der Waals surface area contributed by atoms with Crippen molar-refractivity contribution in [2.75, 3.05) is 0 Å². The molecule has 1 aromatic heterocycles. The summed E-state index contributed by atoms with van der Waals surface area (Å²) < 4.78 is 0.808. The lowest BCUT2D eigenvalue weighted by molar-refractivity contribution is 1.22. The van der Waals surface area contributed by atoms with Crippen molar-refractivity contribution in [3.8, 4) is 0 Å². The van der Waals surface area contributed by atoms with Gasteiger partial charge in [0.1, 0.15) is 0 Å². The first-order valence-corrected chi connectivity index (χ1v) is 7.71. The molecule has 0 radical (unpaired) electrons. The minimum Gasteiger partial charge on any atom is -0.127 e. The molecular formula is C12H8BrCl3S. The Bertz CT molecular complexity index is 531. The number of aryl methyl sites for hydroxylation is 1. The molecule has 0 fully saturated rings. The van der Waals surface area contributed by atoms with Gasteiger partial charge in [0, 0.05) is 4.88 Å². The van der Waals surface area contributed by atoms with Crippen LogP contribution in [0.4, 0.5) is 0 Å². The molecule has 0 aliphatic carbocycles. The Balaban J connectivity index is 2.43. The van der Waals surface area contributed by atoms with Crippen LogP contribution >= 0.6 is 62.1 Å². The van der Waals surface area contributed by atoms with Crippen molar-refractivity contribution < 1.29 is 0 Å². The van der Waals surface area contributed by atoms with Gasteiger partial charge in [-0.2, -0.15) is 0 Å². The van der Waals surface area contributed by atoms with Crippen molar-refractivity contribution in [2.45, 2.75) is 11.8 Å². The van der Waals surface area contributed by atoms with E-state index in [1.807, 2.05) is 19.1 Å². The highest BCUT2D eigenvalue weighted by atomic mass is 79.9. The molecule has 17 heavy (non-hydrogen) atoms. The van der Waals surface area contributed by atoms with E-state index >= 15 is 0 Å². The topological polar surface area (TPSA) is 0 Å². The maximum Gasteiger partial charge on any atom is 0.0960 e. The molecule has 0 saturated heterocycles. The van der Waals surface area contributed by atoms with Crippen molar-refractivity contribution >= 4 is 62.1 Å². The minimum atomic E-state index is 0.0184. The predicted octanol–water partition coefficient (Wildman–Crippen LogP) is 6.50. The molecule has 1 heterocycles. The Kier molecular flexibility index (Phi) is 4.43. The summed E-state index contributed by atoms with van der Waals surface area (Å²) in [6.45, 7) is 1.99. The van der Waals surface area contributed by atoms with E-state index in [-0.39, 0.29) is 4.83 Å². The summed E-state index contributed by atoms with van der Waals surface area (Å²) in [7, 11) is 0. The summed E-state index contributed by atoms with van der Waals surface area (Å²) >= 11 is 23.5. The van der Waals surface area contributed by atoms with Gasteiger partial charge in [-0.3, -0.25) is 0 Å². The summed E-state index contributed by atoms with van der Waals surface area (Å²) in [5, 5.41) is 1.14. The quantitative estimate of drug-likeness (QED) is 0.529. The largest absolute Gasteiger partial charge is 0.127 e. The highest BCUT2D eigenvalue weighted by molar-refractivity contribution is 9.09. The zero-order valence-corrected chi connectivity index (χ0v) is 13.5. The van der Waals surface area contributed by atoms with Gasteiger partial charge in [0.2, 0.25) is 0 Å². The zero-order valence-electron chi connectivity index (χ0n) is 8.81. The highest BCUT2D eigenvalue weighted by Gasteiger charge is 2.18. The average molecular weight is 371 g/mol. The summed E-state index contributed by atoms with van der Waals surface area (Å²) in [6.07, 6.45) is 0. The molecule has 5 heteroatoms. The molecule has 0 nitrogen and oxygen atoms in total. The van der Waals surface area contributed by atoms with Crippen LogP contribution in [-0.4, -0.2) is 0 Å². The van der Waals surface area contributed by atoms with Gasteiger partial charge in [-0.05, 0) is 30.2 Å². The van der Waals surface area contributed by atoms with Crippen LogP contribution in [0.2, 0.25) is 14.4 Å². The minimum absolute atomic E-state index is 0.0184. The third-order valence-electron chi connectivity index (χ3n) is 2.38. The lowest BCUT2D eigenvalue weighted by atomic mass is 10.1. The lowest BCUT2D eigenvalue weighted by Crippen LogP contribution is -1.91. The molecule has 0 amide bonds. The molecule has 0 N–H and O–H groups in total. The molecule has 0 saturated carbocycles. The number of hydrogen-bond acceptors (Lipinski definition) is 1. The fraction of sp³-hybridized carbons (Fsp3) is 0.167. The normalized spacial score (nSPS) is 12.8. The van der Waals surface area contributed by atoms with E-state index in [0.29, 0.717) is 10.0 Å². The summed E-state index contributed by atoms with van der Waals surface area (Å²) in [6, 6.07) is 7.68. The Morgan fingerprint density at radius 2 is 1.94 bits per heavy atom. The highest BCUT2D eigenvalue weighted by Crippen LogP contribution is 2.42. The van der Waals surface area contributed by atoms with E-state index < -0.39 is 0 Å². The average Bonchev–Trinajstić information content (AvgIpc) is 2.62. The van der Waals surface area contributed by atoms with Crippen LogP contribution in [0, 0.1) is 6.92 Å². The lowest BCUT2D eigenvalue weighted by Gasteiger charge is -2.10. The Labute approximate surface area is 128 Å². The number of hydrogen-bond donors (Lipinski definition) is 0. The van der Waals surface area contributed by atoms with Crippen molar-refractivity contribution in [1.82, 2.24) is 0 Å². The smallest absolute Gasteiger partial charge is 0.0960 e. The van der Waals surface area contributed by atoms with E-state index in [9.17, 15) is 0 Å². The molecule has 1 atom stereocenters. The first kappa shape index (κ1) is 13.7. The van der Waals surface area contributed by atoms with Gasteiger partial charge < -0.3 is 0 Å². The van der Waals surface area contributed by atoms with Gasteiger partial charge >= 0.3 is 0 Å². The zero-order chi connectivity index (χ0) is 12.6. The molecular weight excluding hydrogens is 362 g/mol. The molecule has 1 unspecified atom stereocenters. The number of alkyl halides is 1. The Morgan fingerprint density at radius 3 is 2.53 bits per heavy atom. The van der Waals surface area contributed by atoms with Gasteiger partial charge in [-0.1, -0.05) is 62.9 Å². The molecule has 2 rings (SSSR count). The van der Waals surface area contributed by atoms with Crippen LogP contribution < -0.4 is 0 Å². The van der Waals surface area contributed by atoms with Crippen LogP contribution in [0.25, 0.3) is 0 Å². The number of rotatable bonds is 2. The van der Waals surface area contributed by atoms with Crippen molar-refractivity contribution in [3.63, 3.8) is 0 Å². The van der Waals surface area contributed by atoms with E-state index in [0.717, 1.165) is 20.3 Å². The summed E-state index contributed by atoms with van der Waals surface area (Å²) in [4.78, 5) is 1.14. The first-order chi connectivity index (χ1) is 8.00. The van der Waals surface area contributed by atoms with Gasteiger partial charge in [-0.15, -0.1) is 11.3 Å². The van der Waals surface area contributed by atoms with E-state index in [4.69, 9.17) is 34.8 Å². The van der Waals surface area contributed by atoms with Crippen LogP contribution in [0.1, 0.15) is 20.8 Å². The Morgan fingerprint density at radius 1 is 1.24 bits per heavy atom. The number of halogens is 4. The molecule has 2 aromatic rings. The molecule has 0 bridgehead atoms. The van der Waals surface area contributed by atoms with Gasteiger partial charge in [0.25, 0.3) is 0 Å². The maximum atomic E-state index is 6.19. The predicted molar refractivity (Wildman–Crippen MR) is 81.3 cm³/mol. The van der Waals surface area contributed by atoms with E-state index in [2.05, 4.69) is 22.0 Å². The third-order valence-corrected chi connectivity index (χ3v) is 6.12. The molecule has 90 valence electrons. The van der Waals surface area contributed by atoms with Crippen LogP contribution in [0.5, 0.6) is 0 Å². The van der Waals surface area contributed by atoms with E-state index in [1.54, 1.807) is 17.4 Å². The maximum absolute atomic E-state index is 6.19. The summed E-state index contributed by atoms with van der Waals surface area (Å²) in [5.41, 5.74) is 2.03. The second kappa shape index (κ2) is 5.50. The van der Waals surface area contributed by atoms with Crippen LogP contribution in [0.3, 0.4) is 0 Å². The molecule has 0 spiro atoms. The first-order valence-electron chi connectivity index (χ1n) is 4.84. The second-order valence-electron chi connectivity index (χ2n) is 3.61. The number of thiophene rings is 1. The molecule has 0 aliphatic heterocycles. The van der Waals surface area contributed by atoms with E-state index in [1.165, 1.54) is 0 Å². The third kappa shape index (κ3) is 2.82. The fourth-order valence-corrected chi connectivity index (χ4v) is 4.04. The van der Waals surface area contributed by atoms with Crippen molar-refractivity contribution in [2.24, 2.45) is 0 Å². The fourth-order valence-electron chi connectivity index (χ4n) is 1.48. The van der Waals surface area contributed by atoms with Crippen LogP contribution in [-0.2, 0) is 0 Å². The molecule has 0 aliphatic rings. The van der Waals surface area contributed by atoms with Gasteiger partial charge in [0.15, 0.2) is 0 Å². The number of benzene rings is 1. The van der Waals surface area contributed by atoms with Crippen molar-refractivity contribution in [3.05, 3.63) is 54.7 Å². The van der Waals surface area contributed by atoms with Gasteiger partial charge in [-0.25, -0.2) is 0 Å². The van der Waals surface area contributed by atoms with Crippen LogP contribution in [0.15, 0.2) is 24.3 Å². The molecule has 1 aromatic carbocycles. The van der Waals surface area contributed by atoms with Crippen molar-refractivity contribution in [1.29, 1.82) is 0 Å². The summed E-state index contributed by atoms with van der Waals surface area (Å²) in [5.74, 6) is 0. The second-order valence-corrected chi connectivity index (χ2v) is 7.00. The van der Waals surface area contributed by atoms with Gasteiger partial charge in [0.05, 0.1) is 19.2 Å². The SMILES string of the molecule is Cc1cc(C(Br)c2cccc(Cl)c2Cl)sc1Cl. The monoisotopic (exact) mass is 368 g/mol.